The first kappa shape index (κ1) is 14.8. The van der Waals surface area contributed by atoms with Gasteiger partial charge in [-0.05, 0) is 17.7 Å². The number of benzene rings is 1. The molecular weight excluding hydrogens is 260 g/mol. The van der Waals surface area contributed by atoms with Crippen molar-refractivity contribution in [2.24, 2.45) is 0 Å². The zero-order chi connectivity index (χ0) is 14.5. The van der Waals surface area contributed by atoms with E-state index in [1.165, 1.54) is 7.11 Å². The normalized spacial score (nSPS) is 18.4. The summed E-state index contributed by atoms with van der Waals surface area (Å²) in [5.41, 5.74) is 1.47. The summed E-state index contributed by atoms with van der Waals surface area (Å²) in [7, 11) is 1.18. The van der Waals surface area contributed by atoms with Crippen LogP contribution in [0.3, 0.4) is 0 Å². The van der Waals surface area contributed by atoms with Crippen LogP contribution in [0.5, 0.6) is 0 Å². The Morgan fingerprint density at radius 3 is 2.70 bits per heavy atom. The van der Waals surface area contributed by atoms with Gasteiger partial charge in [0.05, 0.1) is 7.11 Å². The van der Waals surface area contributed by atoms with Crippen LogP contribution in [0.2, 0.25) is 0 Å². The number of hydrogen-bond donors (Lipinski definition) is 3. The van der Waals surface area contributed by atoms with Crippen molar-refractivity contribution in [2.45, 2.75) is 12.2 Å². The number of piperazine rings is 1. The fourth-order valence-corrected chi connectivity index (χ4v) is 2.26. The number of anilines is 1. The molecule has 1 aromatic carbocycles. The Bertz CT molecular complexity index is 460. The molecular formula is C14H20N2O4. The number of carbonyl (C=O) groups excluding carboxylic acids is 1. The minimum atomic E-state index is -1.57. The van der Waals surface area contributed by atoms with Gasteiger partial charge in [-0.2, -0.15) is 0 Å². The Hall–Kier alpha value is -1.63. The van der Waals surface area contributed by atoms with Crippen LogP contribution in [0.4, 0.5) is 5.69 Å². The second-order valence-corrected chi connectivity index (χ2v) is 4.74. The summed E-state index contributed by atoms with van der Waals surface area (Å²) in [5.74, 6) is -0.843. The molecule has 20 heavy (non-hydrogen) atoms. The Labute approximate surface area is 118 Å². The third-order valence-corrected chi connectivity index (χ3v) is 3.44. The lowest BCUT2D eigenvalue weighted by atomic mass is 10.0. The van der Waals surface area contributed by atoms with E-state index in [0.29, 0.717) is 5.56 Å². The summed E-state index contributed by atoms with van der Waals surface area (Å²) < 4.78 is 4.43. The number of nitrogens with zero attached hydrogens (tertiary/aromatic N) is 1. The van der Waals surface area contributed by atoms with Crippen LogP contribution in [0.1, 0.15) is 11.7 Å². The molecule has 0 spiro atoms. The third-order valence-electron chi connectivity index (χ3n) is 3.44. The largest absolute Gasteiger partial charge is 0.467 e. The molecule has 6 heteroatoms. The van der Waals surface area contributed by atoms with Crippen molar-refractivity contribution in [2.75, 3.05) is 38.2 Å². The van der Waals surface area contributed by atoms with Crippen molar-refractivity contribution in [1.82, 2.24) is 5.32 Å². The maximum atomic E-state index is 11.3. The molecule has 110 valence electrons. The van der Waals surface area contributed by atoms with Crippen molar-refractivity contribution >= 4 is 11.7 Å². The molecule has 0 saturated carbocycles. The molecule has 0 aliphatic carbocycles. The molecule has 2 atom stereocenters. The van der Waals surface area contributed by atoms with E-state index in [-0.39, 0.29) is 0 Å². The maximum absolute atomic E-state index is 11.3. The monoisotopic (exact) mass is 280 g/mol. The van der Waals surface area contributed by atoms with Gasteiger partial charge in [-0.15, -0.1) is 0 Å². The third kappa shape index (κ3) is 3.27. The topological polar surface area (TPSA) is 82.0 Å². The lowest BCUT2D eigenvalue weighted by Crippen LogP contribution is -2.43. The highest BCUT2D eigenvalue weighted by molar-refractivity contribution is 5.75. The number of rotatable bonds is 4. The van der Waals surface area contributed by atoms with Gasteiger partial charge in [-0.3, -0.25) is 0 Å². The average Bonchev–Trinajstić information content (AvgIpc) is 2.53. The number of ether oxygens (including phenoxy) is 1. The van der Waals surface area contributed by atoms with Gasteiger partial charge >= 0.3 is 5.97 Å². The molecule has 1 aliphatic rings. The van der Waals surface area contributed by atoms with Crippen LogP contribution in [0, 0.1) is 0 Å². The first-order chi connectivity index (χ1) is 9.63. The highest BCUT2D eigenvalue weighted by atomic mass is 16.5. The van der Waals surface area contributed by atoms with Crippen molar-refractivity contribution in [1.29, 1.82) is 0 Å². The van der Waals surface area contributed by atoms with Gasteiger partial charge in [-0.1, -0.05) is 12.1 Å². The van der Waals surface area contributed by atoms with E-state index in [1.54, 1.807) is 18.2 Å². The molecule has 3 N–H and O–H groups in total. The number of esters is 1. The number of carbonyl (C=O) groups is 1. The Morgan fingerprint density at radius 2 is 2.05 bits per heavy atom. The summed E-state index contributed by atoms with van der Waals surface area (Å²) in [6, 6.07) is 7.23. The molecule has 1 heterocycles. The number of aliphatic hydroxyl groups excluding tert-OH is 2. The summed E-state index contributed by atoms with van der Waals surface area (Å²) >= 11 is 0. The minimum absolute atomic E-state index is 0.499. The number of methoxy groups -OCH3 is 1. The summed E-state index contributed by atoms with van der Waals surface area (Å²) in [6.07, 6.45) is -2.86. The van der Waals surface area contributed by atoms with Gasteiger partial charge in [0.15, 0.2) is 6.10 Å². The van der Waals surface area contributed by atoms with Gasteiger partial charge in [-0.25, -0.2) is 4.79 Å². The van der Waals surface area contributed by atoms with E-state index in [1.807, 2.05) is 6.07 Å². The van der Waals surface area contributed by atoms with E-state index >= 15 is 0 Å². The fourth-order valence-electron chi connectivity index (χ4n) is 2.26. The van der Waals surface area contributed by atoms with Gasteiger partial charge in [0, 0.05) is 31.9 Å². The van der Waals surface area contributed by atoms with E-state index < -0.39 is 18.2 Å². The SMILES string of the molecule is COC(=O)C(O)C(O)c1cccc(N2CCNCC2)c1. The van der Waals surface area contributed by atoms with Gasteiger partial charge in [0.25, 0.3) is 0 Å². The Balaban J connectivity index is 2.14. The second-order valence-electron chi connectivity index (χ2n) is 4.74. The molecule has 2 rings (SSSR count). The molecule has 0 aromatic heterocycles. The number of nitrogens with one attached hydrogen (secondary N) is 1. The molecule has 1 aromatic rings. The molecule has 0 bridgehead atoms. The average molecular weight is 280 g/mol. The Kier molecular flexibility index (Phi) is 4.94. The highest BCUT2D eigenvalue weighted by Gasteiger charge is 2.26. The van der Waals surface area contributed by atoms with Crippen molar-refractivity contribution in [3.05, 3.63) is 29.8 Å². The van der Waals surface area contributed by atoms with Gasteiger partial charge in [0.2, 0.25) is 0 Å². The molecule has 6 nitrogen and oxygen atoms in total. The standard InChI is InChI=1S/C14H20N2O4/c1-20-14(19)13(18)12(17)10-3-2-4-11(9-10)16-7-5-15-6-8-16/h2-4,9,12-13,15,17-18H,5-8H2,1H3. The summed E-state index contributed by atoms with van der Waals surface area (Å²) in [6.45, 7) is 3.60. The van der Waals surface area contributed by atoms with Crippen LogP contribution in [-0.2, 0) is 9.53 Å². The van der Waals surface area contributed by atoms with E-state index in [4.69, 9.17) is 0 Å². The lowest BCUT2D eigenvalue weighted by Gasteiger charge is -2.30. The predicted molar refractivity (Wildman–Crippen MR) is 74.5 cm³/mol. The zero-order valence-corrected chi connectivity index (χ0v) is 11.5. The van der Waals surface area contributed by atoms with Crippen LogP contribution in [-0.4, -0.2) is 55.6 Å². The molecule has 0 radical (unpaired) electrons. The maximum Gasteiger partial charge on any atom is 0.337 e. The first-order valence-electron chi connectivity index (χ1n) is 6.63. The first-order valence-corrected chi connectivity index (χ1v) is 6.63. The highest BCUT2D eigenvalue weighted by Crippen LogP contribution is 2.23. The zero-order valence-electron chi connectivity index (χ0n) is 11.5. The Morgan fingerprint density at radius 1 is 1.35 bits per heavy atom. The smallest absolute Gasteiger partial charge is 0.337 e. The van der Waals surface area contributed by atoms with Crippen LogP contribution in [0.15, 0.2) is 24.3 Å². The van der Waals surface area contributed by atoms with Crippen molar-refractivity contribution < 1.29 is 19.7 Å². The number of aliphatic hydroxyl groups is 2. The van der Waals surface area contributed by atoms with Gasteiger partial charge in [0.1, 0.15) is 6.10 Å². The van der Waals surface area contributed by atoms with E-state index in [2.05, 4.69) is 15.0 Å². The van der Waals surface area contributed by atoms with Gasteiger partial charge < -0.3 is 25.2 Å². The second kappa shape index (κ2) is 6.69. The van der Waals surface area contributed by atoms with E-state index in [0.717, 1.165) is 31.9 Å². The quantitative estimate of drug-likeness (QED) is 0.655. The fraction of sp³-hybridized carbons (Fsp3) is 0.500. The van der Waals surface area contributed by atoms with Crippen LogP contribution in [0.25, 0.3) is 0 Å². The van der Waals surface area contributed by atoms with Crippen LogP contribution >= 0.6 is 0 Å². The van der Waals surface area contributed by atoms with Crippen molar-refractivity contribution in [3.8, 4) is 0 Å². The molecule has 1 fully saturated rings. The predicted octanol–water partition coefficient (Wildman–Crippen LogP) is -0.336. The minimum Gasteiger partial charge on any atom is -0.467 e. The van der Waals surface area contributed by atoms with Crippen molar-refractivity contribution in [3.63, 3.8) is 0 Å². The van der Waals surface area contributed by atoms with E-state index in [9.17, 15) is 15.0 Å². The summed E-state index contributed by atoms with van der Waals surface area (Å²) in [5, 5.41) is 23.0. The number of hydrogen-bond acceptors (Lipinski definition) is 6. The lowest BCUT2D eigenvalue weighted by molar-refractivity contribution is -0.156. The molecule has 0 amide bonds. The summed E-state index contributed by atoms with van der Waals surface area (Å²) in [4.78, 5) is 13.5. The molecule has 1 saturated heterocycles. The van der Waals surface area contributed by atoms with Crippen LogP contribution < -0.4 is 10.2 Å². The molecule has 1 aliphatic heterocycles. The molecule has 2 unspecified atom stereocenters.